The number of rotatable bonds is 2. The van der Waals surface area contributed by atoms with Gasteiger partial charge in [0.25, 0.3) is 0 Å². The van der Waals surface area contributed by atoms with E-state index in [4.69, 9.17) is 4.74 Å². The Morgan fingerprint density at radius 3 is 3.00 bits per heavy atom. The summed E-state index contributed by atoms with van der Waals surface area (Å²) in [6.07, 6.45) is 1.41. The monoisotopic (exact) mass is 284 g/mol. The van der Waals surface area contributed by atoms with E-state index in [1.165, 1.54) is 7.11 Å². The van der Waals surface area contributed by atoms with Crippen LogP contribution in [0.25, 0.3) is 0 Å². The first kappa shape index (κ1) is 11.6. The summed E-state index contributed by atoms with van der Waals surface area (Å²) in [7, 11) is 1.36. The summed E-state index contributed by atoms with van der Waals surface area (Å²) < 4.78 is 5.80. The number of carbonyl (C=O) groups excluding carboxylic acids is 1. The van der Waals surface area contributed by atoms with Crippen LogP contribution in [-0.2, 0) is 21.4 Å². The number of halogens is 1. The van der Waals surface area contributed by atoms with Crippen LogP contribution in [0, 0.1) is 0 Å². The Morgan fingerprint density at radius 2 is 2.38 bits per heavy atom. The van der Waals surface area contributed by atoms with Crippen molar-refractivity contribution in [1.29, 1.82) is 0 Å². The lowest BCUT2D eigenvalue weighted by Crippen LogP contribution is -2.38. The van der Waals surface area contributed by atoms with E-state index in [0.29, 0.717) is 6.42 Å². The van der Waals surface area contributed by atoms with Crippen LogP contribution in [0.15, 0.2) is 22.7 Å². The van der Waals surface area contributed by atoms with Gasteiger partial charge in [0.2, 0.25) is 0 Å². The number of benzene rings is 1. The molecule has 2 rings (SSSR count). The summed E-state index contributed by atoms with van der Waals surface area (Å²) in [6.45, 7) is -0.200. The Hall–Kier alpha value is -0.870. The van der Waals surface area contributed by atoms with E-state index in [2.05, 4.69) is 15.9 Å². The molecule has 3 nitrogen and oxygen atoms in total. The highest BCUT2D eigenvalue weighted by atomic mass is 79.9. The molecule has 0 bridgehead atoms. The number of hydrogen-bond donors (Lipinski definition) is 1. The molecule has 1 aliphatic carbocycles. The minimum atomic E-state index is -0.856. The highest BCUT2D eigenvalue weighted by molar-refractivity contribution is 9.10. The fourth-order valence-electron chi connectivity index (χ4n) is 2.35. The lowest BCUT2D eigenvalue weighted by Gasteiger charge is -2.24. The second-order valence-electron chi connectivity index (χ2n) is 4.03. The maximum atomic E-state index is 11.8. The summed E-state index contributed by atoms with van der Waals surface area (Å²) in [5, 5.41) is 9.52. The van der Waals surface area contributed by atoms with E-state index in [1.807, 2.05) is 18.2 Å². The van der Waals surface area contributed by atoms with Crippen LogP contribution in [0.1, 0.15) is 17.5 Å². The first-order valence-electron chi connectivity index (χ1n) is 5.12. The van der Waals surface area contributed by atoms with E-state index >= 15 is 0 Å². The topological polar surface area (TPSA) is 46.5 Å². The highest BCUT2D eigenvalue weighted by Crippen LogP contribution is 2.40. The van der Waals surface area contributed by atoms with Crippen molar-refractivity contribution in [3.63, 3.8) is 0 Å². The van der Waals surface area contributed by atoms with E-state index in [1.54, 1.807) is 0 Å². The standard InChI is InChI=1S/C12H13BrO3/c1-16-11(15)12(7-14)5-4-8-6-9(13)2-3-10(8)12/h2-3,6,14H,4-5,7H2,1H3. The normalized spacial score (nSPS) is 22.9. The molecule has 1 aliphatic rings. The molecule has 16 heavy (non-hydrogen) atoms. The van der Waals surface area contributed by atoms with Crippen LogP contribution < -0.4 is 0 Å². The number of esters is 1. The molecule has 0 saturated carbocycles. The number of carbonyl (C=O) groups is 1. The average Bonchev–Trinajstić information content (AvgIpc) is 2.67. The third-order valence-corrected chi connectivity index (χ3v) is 3.74. The van der Waals surface area contributed by atoms with Gasteiger partial charge in [-0.2, -0.15) is 0 Å². The van der Waals surface area contributed by atoms with Crippen molar-refractivity contribution >= 4 is 21.9 Å². The molecule has 1 unspecified atom stereocenters. The molecule has 0 amide bonds. The minimum Gasteiger partial charge on any atom is -0.468 e. The Labute approximate surface area is 103 Å². The lowest BCUT2D eigenvalue weighted by atomic mass is 9.83. The number of hydrogen-bond acceptors (Lipinski definition) is 3. The quantitative estimate of drug-likeness (QED) is 0.843. The SMILES string of the molecule is COC(=O)C1(CO)CCc2cc(Br)ccc21. The molecule has 0 heterocycles. The van der Waals surface area contributed by atoms with Crippen LogP contribution in [0.3, 0.4) is 0 Å². The molecule has 0 aromatic heterocycles. The van der Waals surface area contributed by atoms with Crippen molar-refractivity contribution in [2.45, 2.75) is 18.3 Å². The average molecular weight is 285 g/mol. The number of ether oxygens (including phenoxy) is 1. The third-order valence-electron chi connectivity index (χ3n) is 3.25. The first-order valence-corrected chi connectivity index (χ1v) is 5.91. The molecule has 0 saturated heterocycles. The van der Waals surface area contributed by atoms with Gasteiger partial charge in [0.15, 0.2) is 0 Å². The zero-order chi connectivity index (χ0) is 11.8. The summed E-state index contributed by atoms with van der Waals surface area (Å²) in [5.74, 6) is -0.351. The van der Waals surface area contributed by atoms with Gasteiger partial charge in [-0.05, 0) is 36.1 Å². The fraction of sp³-hybridized carbons (Fsp3) is 0.417. The van der Waals surface area contributed by atoms with Crippen LogP contribution in [0.5, 0.6) is 0 Å². The summed E-state index contributed by atoms with van der Waals surface area (Å²) in [5.41, 5.74) is 1.14. The maximum absolute atomic E-state index is 11.8. The number of methoxy groups -OCH3 is 1. The Morgan fingerprint density at radius 1 is 1.62 bits per heavy atom. The van der Waals surface area contributed by atoms with Gasteiger partial charge in [-0.3, -0.25) is 4.79 Å². The first-order chi connectivity index (χ1) is 7.64. The largest absolute Gasteiger partial charge is 0.468 e. The van der Waals surface area contributed by atoms with Crippen molar-refractivity contribution in [2.24, 2.45) is 0 Å². The minimum absolute atomic E-state index is 0.200. The number of aliphatic hydroxyl groups is 1. The van der Waals surface area contributed by atoms with Gasteiger partial charge in [-0.1, -0.05) is 22.0 Å². The lowest BCUT2D eigenvalue weighted by molar-refractivity contribution is -0.149. The number of fused-ring (bicyclic) bond motifs is 1. The van der Waals surface area contributed by atoms with Crippen LogP contribution in [0.2, 0.25) is 0 Å². The number of aryl methyl sites for hydroxylation is 1. The zero-order valence-electron chi connectivity index (χ0n) is 9.00. The molecule has 1 atom stereocenters. The van der Waals surface area contributed by atoms with Crippen molar-refractivity contribution in [1.82, 2.24) is 0 Å². The van der Waals surface area contributed by atoms with Gasteiger partial charge in [-0.25, -0.2) is 0 Å². The molecule has 1 aromatic rings. The third kappa shape index (κ3) is 1.57. The second-order valence-corrected chi connectivity index (χ2v) is 4.95. The molecule has 1 aromatic carbocycles. The Bertz CT molecular complexity index is 430. The predicted molar refractivity (Wildman–Crippen MR) is 63.2 cm³/mol. The molecule has 1 N–H and O–H groups in total. The van der Waals surface area contributed by atoms with Gasteiger partial charge < -0.3 is 9.84 Å². The van der Waals surface area contributed by atoms with Crippen molar-refractivity contribution in [3.8, 4) is 0 Å². The fourth-order valence-corrected chi connectivity index (χ4v) is 2.76. The van der Waals surface area contributed by atoms with Crippen molar-refractivity contribution in [3.05, 3.63) is 33.8 Å². The van der Waals surface area contributed by atoms with Crippen LogP contribution in [-0.4, -0.2) is 24.8 Å². The summed E-state index contributed by atoms with van der Waals surface area (Å²) >= 11 is 3.40. The van der Waals surface area contributed by atoms with Gasteiger partial charge in [0.1, 0.15) is 5.41 Å². The molecule has 0 aliphatic heterocycles. The highest BCUT2D eigenvalue weighted by Gasteiger charge is 2.45. The maximum Gasteiger partial charge on any atom is 0.318 e. The van der Waals surface area contributed by atoms with Gasteiger partial charge >= 0.3 is 5.97 Å². The van der Waals surface area contributed by atoms with E-state index < -0.39 is 5.41 Å². The van der Waals surface area contributed by atoms with Crippen LogP contribution >= 0.6 is 15.9 Å². The molecular weight excluding hydrogens is 272 g/mol. The Balaban J connectivity index is 2.51. The Kier molecular flexibility index (Phi) is 3.04. The van der Waals surface area contributed by atoms with E-state index in [-0.39, 0.29) is 12.6 Å². The van der Waals surface area contributed by atoms with Crippen molar-refractivity contribution in [2.75, 3.05) is 13.7 Å². The molecule has 0 fully saturated rings. The molecule has 86 valence electrons. The smallest absolute Gasteiger partial charge is 0.318 e. The van der Waals surface area contributed by atoms with Gasteiger partial charge in [0.05, 0.1) is 13.7 Å². The van der Waals surface area contributed by atoms with E-state index in [0.717, 1.165) is 22.0 Å². The molecule has 4 heteroatoms. The van der Waals surface area contributed by atoms with Gasteiger partial charge in [0, 0.05) is 4.47 Å². The van der Waals surface area contributed by atoms with E-state index in [9.17, 15) is 9.90 Å². The molecular formula is C12H13BrO3. The predicted octanol–water partition coefficient (Wildman–Crippen LogP) is 1.80. The summed E-state index contributed by atoms with van der Waals surface area (Å²) in [4.78, 5) is 11.8. The number of aliphatic hydroxyl groups excluding tert-OH is 1. The summed E-state index contributed by atoms with van der Waals surface area (Å²) in [6, 6.07) is 5.77. The zero-order valence-corrected chi connectivity index (χ0v) is 10.6. The second kappa shape index (κ2) is 4.18. The van der Waals surface area contributed by atoms with Crippen molar-refractivity contribution < 1.29 is 14.6 Å². The molecule has 0 spiro atoms. The van der Waals surface area contributed by atoms with Crippen LogP contribution in [0.4, 0.5) is 0 Å². The van der Waals surface area contributed by atoms with Gasteiger partial charge in [-0.15, -0.1) is 0 Å². The molecule has 0 radical (unpaired) electrons.